The predicted molar refractivity (Wildman–Crippen MR) is 39.2 cm³/mol. The van der Waals surface area contributed by atoms with E-state index in [2.05, 4.69) is 27.8 Å². The van der Waals surface area contributed by atoms with Crippen LogP contribution < -0.4 is 25.8 Å². The smallest absolute Gasteiger partial charge is 0.190 e. The Hall–Kier alpha value is -0.910. The van der Waals surface area contributed by atoms with Crippen LogP contribution in [-0.4, -0.2) is 9.67 Å². The van der Waals surface area contributed by atoms with Crippen LogP contribution in [0.25, 0.3) is 5.82 Å². The molecule has 0 aromatic carbocycles. The summed E-state index contributed by atoms with van der Waals surface area (Å²) in [5.74, 6) is 0.928. The van der Waals surface area contributed by atoms with Gasteiger partial charge < -0.3 is 22.9 Å². The van der Waals surface area contributed by atoms with Gasteiger partial charge in [0.05, 0.1) is 6.20 Å². The third-order valence-corrected chi connectivity index (χ3v) is 2.31. The summed E-state index contributed by atoms with van der Waals surface area (Å²) >= 11 is 2.20. The lowest BCUT2D eigenvalue weighted by molar-refractivity contribution is -1.20. The summed E-state index contributed by atoms with van der Waals surface area (Å²) in [4.78, 5) is 4.22. The maximum absolute atomic E-state index is 4.22. The monoisotopic (exact) mass is 272 g/mol. The molecule has 0 bridgehead atoms. The summed E-state index contributed by atoms with van der Waals surface area (Å²) in [6, 6.07) is 7.82. The van der Waals surface area contributed by atoms with Gasteiger partial charge in [-0.25, -0.2) is 4.98 Å². The molecule has 0 amide bonds. The van der Waals surface area contributed by atoms with Crippen molar-refractivity contribution in [2.45, 2.75) is 0 Å². The van der Waals surface area contributed by atoms with E-state index in [0.717, 1.165) is 5.82 Å². The Balaban J connectivity index is 2.51. The van der Waals surface area contributed by atoms with Crippen LogP contribution >= 0.6 is 0 Å². The summed E-state index contributed by atoms with van der Waals surface area (Å²) in [6.45, 7) is 0. The summed E-state index contributed by atoms with van der Waals surface area (Å²) in [6.07, 6.45) is 5.72. The van der Waals surface area contributed by atoms with E-state index in [9.17, 15) is 0 Å². The molecule has 3 nitrogen and oxygen atoms in total. The van der Waals surface area contributed by atoms with Gasteiger partial charge in [0.25, 0.3) is 0 Å². The molecule has 0 aliphatic rings. The average molecular weight is 272 g/mol. The summed E-state index contributed by atoms with van der Waals surface area (Å²) in [5.41, 5.74) is 0. The fourth-order valence-electron chi connectivity index (χ4n) is 0.990. The van der Waals surface area contributed by atoms with Crippen LogP contribution in [0.3, 0.4) is 0 Å². The van der Waals surface area contributed by atoms with Crippen LogP contribution in [0, 0.1) is 0 Å². The van der Waals surface area contributed by atoms with Crippen molar-refractivity contribution in [3.05, 3.63) is 42.9 Å². The largest absolute Gasteiger partial charge is 0.328 e. The molecule has 0 unspecified atom stereocenters. The van der Waals surface area contributed by atoms with E-state index in [-0.39, 0.29) is 0 Å². The van der Waals surface area contributed by atoms with Crippen molar-refractivity contribution in [2.24, 2.45) is 0 Å². The molecule has 4 heteroatoms. The first-order chi connectivity index (χ1) is 5.88. The average Bonchev–Trinajstić information content (AvgIpc) is 2.53. The van der Waals surface area contributed by atoms with Gasteiger partial charge in [-0.15, -0.1) is 4.68 Å². The van der Waals surface area contributed by atoms with Crippen molar-refractivity contribution in [1.29, 1.82) is 0 Å². The quantitative estimate of drug-likeness (QED) is 0.525. The third kappa shape index (κ3) is 1.34. The zero-order valence-corrected chi connectivity index (χ0v) is 8.42. The molecule has 61 valence electrons. The zero-order chi connectivity index (χ0) is 8.39. The van der Waals surface area contributed by atoms with Crippen LogP contribution in [0.1, 0.15) is 0 Å². The Bertz CT molecular complexity index is 369. The van der Waals surface area contributed by atoms with Crippen molar-refractivity contribution in [3.8, 4) is 5.82 Å². The first kappa shape index (κ1) is 7.72. The molecule has 0 atom stereocenters. The molecule has 0 saturated heterocycles. The van der Waals surface area contributed by atoms with Crippen molar-refractivity contribution >= 4 is 0 Å². The summed E-state index contributed by atoms with van der Waals surface area (Å²) in [5, 5.41) is 0. The minimum absolute atomic E-state index is 0.928. The highest BCUT2D eigenvalue weighted by Crippen LogP contribution is 1.96. The standard InChI is InChI=1S/C8H7IN3/c9-12-7-3-6-11(12)8-4-1-2-5-10-8/h1-7H. The van der Waals surface area contributed by atoms with Gasteiger partial charge in [0.15, 0.2) is 12.0 Å². The molecule has 0 aliphatic carbocycles. The molecule has 1 radical (unpaired) electrons. The summed E-state index contributed by atoms with van der Waals surface area (Å²) in [7, 11) is 0. The van der Waals surface area contributed by atoms with E-state index < -0.39 is 0 Å². The minimum Gasteiger partial charge on any atom is -0.328 e. The number of aromatic nitrogens is 3. The molecule has 2 aromatic rings. The molecule has 2 heterocycles. The third-order valence-electron chi connectivity index (χ3n) is 1.53. The number of hydrogen-bond donors (Lipinski definition) is 0. The predicted octanol–water partition coefficient (Wildman–Crippen LogP) is -2.52. The SMILES string of the molecule is [I-][n+]1cccn1-c1ccccn1. The highest BCUT2D eigenvalue weighted by atomic mass is 127. The maximum Gasteiger partial charge on any atom is 0.190 e. The molecule has 0 saturated carbocycles. The van der Waals surface area contributed by atoms with Gasteiger partial charge >= 0.3 is 0 Å². The summed E-state index contributed by atoms with van der Waals surface area (Å²) < 4.78 is 3.90. The van der Waals surface area contributed by atoms with Crippen molar-refractivity contribution < 1.29 is 25.8 Å². The number of pyridine rings is 1. The molecular weight excluding hydrogens is 265 g/mol. The Morgan fingerprint density at radius 1 is 1.33 bits per heavy atom. The molecule has 0 spiro atoms. The fourth-order valence-corrected chi connectivity index (χ4v) is 1.54. The second kappa shape index (κ2) is 3.22. The molecule has 12 heavy (non-hydrogen) atoms. The van der Waals surface area contributed by atoms with Gasteiger partial charge in [-0.05, 0) is 12.1 Å². The van der Waals surface area contributed by atoms with E-state index in [0.29, 0.717) is 0 Å². The Labute approximate surface area is 84.1 Å². The van der Waals surface area contributed by atoms with Gasteiger partial charge in [0, 0.05) is 12.3 Å². The van der Waals surface area contributed by atoms with Gasteiger partial charge in [0.2, 0.25) is 0 Å². The number of rotatable bonds is 1. The maximum atomic E-state index is 4.22. The van der Waals surface area contributed by atoms with Gasteiger partial charge in [-0.2, -0.15) is 0 Å². The van der Waals surface area contributed by atoms with E-state index in [1.54, 1.807) is 6.20 Å². The van der Waals surface area contributed by atoms with Crippen LogP contribution in [0.4, 0.5) is 0 Å². The normalized spacial score (nSPS) is 10.1. The van der Waals surface area contributed by atoms with E-state index in [1.807, 2.05) is 44.2 Å². The zero-order valence-electron chi connectivity index (χ0n) is 6.26. The second-order valence-corrected chi connectivity index (χ2v) is 3.30. The van der Waals surface area contributed by atoms with Crippen molar-refractivity contribution in [3.63, 3.8) is 0 Å². The first-order valence-corrected chi connectivity index (χ1v) is 4.51. The second-order valence-electron chi connectivity index (χ2n) is 2.31. The topological polar surface area (TPSA) is 21.7 Å². The number of hydrogen-bond acceptors (Lipinski definition) is 1. The number of halogens is 1. The first-order valence-electron chi connectivity index (χ1n) is 3.55. The van der Waals surface area contributed by atoms with E-state index in [1.165, 1.54) is 0 Å². The lowest BCUT2D eigenvalue weighted by Crippen LogP contribution is -3.51. The molecule has 2 rings (SSSR count). The van der Waals surface area contributed by atoms with Crippen LogP contribution in [-0.2, 0) is 0 Å². The van der Waals surface area contributed by atoms with Gasteiger partial charge in [-0.1, -0.05) is 6.07 Å². The van der Waals surface area contributed by atoms with E-state index >= 15 is 0 Å². The van der Waals surface area contributed by atoms with Crippen molar-refractivity contribution in [2.75, 3.05) is 0 Å². The highest BCUT2D eigenvalue weighted by Gasteiger charge is 1.99. The van der Waals surface area contributed by atoms with Crippen LogP contribution in [0.5, 0.6) is 0 Å². The Kier molecular flexibility index (Phi) is 2.07. The van der Waals surface area contributed by atoms with Crippen LogP contribution in [0.15, 0.2) is 42.9 Å². The highest BCUT2D eigenvalue weighted by molar-refractivity contribution is 5.17. The lowest BCUT2D eigenvalue weighted by atomic mass is 10.5. The van der Waals surface area contributed by atoms with Crippen molar-refractivity contribution in [1.82, 2.24) is 9.67 Å². The lowest BCUT2D eigenvalue weighted by Gasteiger charge is -2.02. The molecule has 0 N–H and O–H groups in total. The Morgan fingerprint density at radius 2 is 2.25 bits per heavy atom. The molecule has 0 aliphatic heterocycles. The minimum atomic E-state index is 0.928. The fraction of sp³-hybridized carbons (Fsp3) is 0. The van der Waals surface area contributed by atoms with Gasteiger partial charge in [0.1, 0.15) is 0 Å². The molecule has 2 aromatic heterocycles. The number of nitrogens with zero attached hydrogens (tertiary/aromatic N) is 3. The molecular formula is C8H7IN3. The molecule has 0 fully saturated rings. The van der Waals surface area contributed by atoms with E-state index in [4.69, 9.17) is 0 Å². The Morgan fingerprint density at radius 3 is 2.83 bits per heavy atom. The van der Waals surface area contributed by atoms with Crippen LogP contribution in [0.2, 0.25) is 0 Å². The van der Waals surface area contributed by atoms with Gasteiger partial charge in [-0.3, -0.25) is 2.90 Å².